The van der Waals surface area contributed by atoms with E-state index in [2.05, 4.69) is 0 Å². The van der Waals surface area contributed by atoms with Crippen molar-refractivity contribution in [2.45, 2.75) is 38.3 Å². The van der Waals surface area contributed by atoms with Gasteiger partial charge in [0.1, 0.15) is 0 Å². The summed E-state index contributed by atoms with van der Waals surface area (Å²) in [5.41, 5.74) is 5.85. The lowest BCUT2D eigenvalue weighted by atomic mass is 10.1. The number of rotatable bonds is 3. The first-order chi connectivity index (χ1) is 7.22. The monoisotopic (exact) mass is 248 g/mol. The van der Waals surface area contributed by atoms with E-state index in [9.17, 15) is 4.79 Å². The van der Waals surface area contributed by atoms with Crippen molar-refractivity contribution < 1.29 is 9.53 Å². The highest BCUT2D eigenvalue weighted by atomic mass is 35.5. The van der Waals surface area contributed by atoms with Gasteiger partial charge in [-0.05, 0) is 26.2 Å². The van der Waals surface area contributed by atoms with Crippen LogP contribution in [-0.4, -0.2) is 42.6 Å². The molecule has 94 valence electrons. The van der Waals surface area contributed by atoms with Gasteiger partial charge in [-0.1, -0.05) is 0 Å². The summed E-state index contributed by atoms with van der Waals surface area (Å²) in [5, 5.41) is 0. The van der Waals surface area contributed by atoms with Crippen molar-refractivity contribution in [3.8, 4) is 0 Å². The van der Waals surface area contributed by atoms with Crippen molar-refractivity contribution in [1.29, 1.82) is 0 Å². The maximum atomic E-state index is 12.0. The molecule has 5 heteroatoms. The number of ether oxygens (including phenoxy) is 1. The number of piperidine rings is 1. The number of hydrogen-bond acceptors (Lipinski definition) is 3. The fourth-order valence-corrected chi connectivity index (χ4v) is 2.27. The molecule has 3 unspecified atom stereocenters. The third-order valence-electron chi connectivity index (χ3n) is 3.20. The smallest absolute Gasteiger partial charge is 0.228 e. The second-order valence-corrected chi connectivity index (χ2v) is 4.52. The second-order valence-electron chi connectivity index (χ2n) is 4.52. The van der Waals surface area contributed by atoms with Crippen molar-refractivity contribution >= 4 is 18.3 Å². The first-order valence-corrected chi connectivity index (χ1v) is 5.88. The molecular formula is C11H21ClN2O2. The average molecular weight is 249 g/mol. The van der Waals surface area contributed by atoms with Gasteiger partial charge in [-0.3, -0.25) is 4.79 Å². The third-order valence-corrected chi connectivity index (χ3v) is 3.20. The molecular weight excluding hydrogens is 228 g/mol. The molecule has 2 N–H and O–H groups in total. The highest BCUT2D eigenvalue weighted by Crippen LogP contribution is 2.35. The van der Waals surface area contributed by atoms with Crippen LogP contribution in [0.3, 0.4) is 0 Å². The minimum absolute atomic E-state index is 0. The standard InChI is InChI=1S/C11H20N2O2.ClH/c1-2-15-10-6-9(10)11(14)13-5-3-4-8(12)7-13;/h8-10H,2-7,12H2,1H3;1H. The average Bonchev–Trinajstić information content (AvgIpc) is 2.97. The maximum Gasteiger partial charge on any atom is 0.228 e. The van der Waals surface area contributed by atoms with E-state index in [4.69, 9.17) is 10.5 Å². The summed E-state index contributed by atoms with van der Waals surface area (Å²) in [6, 6.07) is 0.173. The Morgan fingerprint density at radius 3 is 2.94 bits per heavy atom. The number of hydrogen-bond donors (Lipinski definition) is 1. The molecule has 0 radical (unpaired) electrons. The zero-order chi connectivity index (χ0) is 10.8. The molecule has 1 saturated carbocycles. The summed E-state index contributed by atoms with van der Waals surface area (Å²) in [5.74, 6) is 0.374. The predicted molar refractivity (Wildman–Crippen MR) is 64.6 cm³/mol. The van der Waals surface area contributed by atoms with Crippen LogP contribution in [-0.2, 0) is 9.53 Å². The molecule has 0 aromatic heterocycles. The zero-order valence-electron chi connectivity index (χ0n) is 9.72. The van der Waals surface area contributed by atoms with Gasteiger partial charge in [0.25, 0.3) is 0 Å². The Kier molecular flexibility index (Phi) is 5.02. The molecule has 1 saturated heterocycles. The minimum Gasteiger partial charge on any atom is -0.378 e. The van der Waals surface area contributed by atoms with Gasteiger partial charge in [0.2, 0.25) is 5.91 Å². The molecule has 3 atom stereocenters. The second kappa shape index (κ2) is 5.84. The van der Waals surface area contributed by atoms with Gasteiger partial charge in [0.05, 0.1) is 12.0 Å². The van der Waals surface area contributed by atoms with Crippen LogP contribution in [0.15, 0.2) is 0 Å². The van der Waals surface area contributed by atoms with Gasteiger partial charge in [0.15, 0.2) is 0 Å². The highest BCUT2D eigenvalue weighted by Gasteiger charge is 2.46. The van der Waals surface area contributed by atoms with E-state index in [0.717, 1.165) is 32.4 Å². The number of carbonyl (C=O) groups is 1. The number of nitrogens with two attached hydrogens (primary N) is 1. The van der Waals surface area contributed by atoms with Crippen LogP contribution in [0.4, 0.5) is 0 Å². The Morgan fingerprint density at radius 2 is 2.31 bits per heavy atom. The Hall–Kier alpha value is -0.320. The van der Waals surface area contributed by atoms with Crippen molar-refractivity contribution in [2.24, 2.45) is 11.7 Å². The number of carbonyl (C=O) groups excluding carboxylic acids is 1. The van der Waals surface area contributed by atoms with Crippen LogP contribution in [0.1, 0.15) is 26.2 Å². The van der Waals surface area contributed by atoms with Crippen LogP contribution in [0.2, 0.25) is 0 Å². The molecule has 16 heavy (non-hydrogen) atoms. The lowest BCUT2D eigenvalue weighted by Gasteiger charge is -2.31. The van der Waals surface area contributed by atoms with Gasteiger partial charge >= 0.3 is 0 Å². The highest BCUT2D eigenvalue weighted by molar-refractivity contribution is 5.85. The van der Waals surface area contributed by atoms with Crippen molar-refractivity contribution in [1.82, 2.24) is 4.90 Å². The fourth-order valence-electron chi connectivity index (χ4n) is 2.27. The van der Waals surface area contributed by atoms with E-state index in [0.29, 0.717) is 6.61 Å². The summed E-state index contributed by atoms with van der Waals surface area (Å²) in [7, 11) is 0. The molecule has 0 spiro atoms. The van der Waals surface area contributed by atoms with Gasteiger partial charge in [0, 0.05) is 25.7 Å². The zero-order valence-corrected chi connectivity index (χ0v) is 10.5. The van der Waals surface area contributed by atoms with E-state index >= 15 is 0 Å². The molecule has 1 heterocycles. The summed E-state index contributed by atoms with van der Waals surface area (Å²) in [4.78, 5) is 13.9. The normalized spacial score (nSPS) is 33.1. The fraction of sp³-hybridized carbons (Fsp3) is 0.909. The Balaban J connectivity index is 0.00000128. The molecule has 2 aliphatic rings. The van der Waals surface area contributed by atoms with Crippen LogP contribution in [0.25, 0.3) is 0 Å². The van der Waals surface area contributed by atoms with E-state index in [1.54, 1.807) is 0 Å². The quantitative estimate of drug-likeness (QED) is 0.803. The topological polar surface area (TPSA) is 55.6 Å². The van der Waals surface area contributed by atoms with Crippen LogP contribution < -0.4 is 5.73 Å². The molecule has 0 aromatic carbocycles. The number of amides is 1. The van der Waals surface area contributed by atoms with E-state index in [1.807, 2.05) is 11.8 Å². The SMILES string of the molecule is CCOC1CC1C(=O)N1CCCC(N)C1.Cl. The van der Waals surface area contributed by atoms with E-state index in [-0.39, 0.29) is 36.4 Å². The largest absolute Gasteiger partial charge is 0.378 e. The van der Waals surface area contributed by atoms with Gasteiger partial charge in [-0.15, -0.1) is 12.4 Å². The molecule has 4 nitrogen and oxygen atoms in total. The van der Waals surface area contributed by atoms with Crippen LogP contribution in [0.5, 0.6) is 0 Å². The van der Waals surface area contributed by atoms with Gasteiger partial charge < -0.3 is 15.4 Å². The minimum atomic E-state index is 0. The summed E-state index contributed by atoms with van der Waals surface area (Å²) in [6.45, 7) is 4.28. The first kappa shape index (κ1) is 13.7. The summed E-state index contributed by atoms with van der Waals surface area (Å²) < 4.78 is 5.43. The maximum absolute atomic E-state index is 12.0. The predicted octanol–water partition coefficient (Wildman–Crippen LogP) is 0.783. The number of halogens is 1. The Bertz CT molecular complexity index is 250. The molecule has 0 aromatic rings. The van der Waals surface area contributed by atoms with Crippen molar-refractivity contribution in [2.75, 3.05) is 19.7 Å². The number of nitrogens with zero attached hydrogens (tertiary/aromatic N) is 1. The third kappa shape index (κ3) is 3.09. The van der Waals surface area contributed by atoms with Gasteiger partial charge in [-0.2, -0.15) is 0 Å². The van der Waals surface area contributed by atoms with E-state index < -0.39 is 0 Å². The molecule has 0 bridgehead atoms. The molecule has 2 rings (SSSR count). The molecule has 2 fully saturated rings. The van der Waals surface area contributed by atoms with Gasteiger partial charge in [-0.25, -0.2) is 0 Å². The van der Waals surface area contributed by atoms with Crippen molar-refractivity contribution in [3.05, 3.63) is 0 Å². The summed E-state index contributed by atoms with van der Waals surface area (Å²) in [6.07, 6.45) is 3.17. The molecule has 1 amide bonds. The lowest BCUT2D eigenvalue weighted by Crippen LogP contribution is -2.46. The van der Waals surface area contributed by atoms with Crippen molar-refractivity contribution in [3.63, 3.8) is 0 Å². The Morgan fingerprint density at radius 1 is 1.56 bits per heavy atom. The summed E-state index contributed by atoms with van der Waals surface area (Å²) >= 11 is 0. The lowest BCUT2D eigenvalue weighted by molar-refractivity contribution is -0.134. The number of likely N-dealkylation sites (tertiary alicyclic amines) is 1. The Labute approximate surface area is 103 Å². The first-order valence-electron chi connectivity index (χ1n) is 5.88. The van der Waals surface area contributed by atoms with E-state index in [1.165, 1.54) is 0 Å². The van der Waals surface area contributed by atoms with Crippen LogP contribution in [0, 0.1) is 5.92 Å². The molecule has 1 aliphatic carbocycles. The van der Waals surface area contributed by atoms with Crippen LogP contribution >= 0.6 is 12.4 Å². The molecule has 1 aliphatic heterocycles.